The molecule has 0 aliphatic rings. The van der Waals surface area contributed by atoms with Crippen molar-refractivity contribution in [3.8, 4) is 0 Å². The Balaban J connectivity index is 0.00000272. The molecule has 7 nitrogen and oxygen atoms in total. The van der Waals surface area contributed by atoms with Gasteiger partial charge in [-0.2, -0.15) is 5.10 Å². The van der Waals surface area contributed by atoms with Crippen molar-refractivity contribution in [3.05, 3.63) is 66.6 Å². The van der Waals surface area contributed by atoms with Crippen LogP contribution in [0, 0.1) is 0 Å². The van der Waals surface area contributed by atoms with Gasteiger partial charge in [0.25, 0.3) is 0 Å². The number of aryl methyl sites for hydroxylation is 1. The number of pyridine rings is 1. The smallest absolute Gasteiger partial charge is 0.240 e. The third kappa shape index (κ3) is 5.22. The van der Waals surface area contributed by atoms with Crippen LogP contribution in [-0.4, -0.2) is 42.3 Å². The molecule has 1 atom stereocenters. The number of hydrogen-bond acceptors (Lipinski definition) is 5. The molecule has 0 spiro atoms. The van der Waals surface area contributed by atoms with Crippen molar-refractivity contribution in [3.63, 3.8) is 0 Å². The van der Waals surface area contributed by atoms with E-state index in [1.54, 1.807) is 36.7 Å². The van der Waals surface area contributed by atoms with E-state index in [-0.39, 0.29) is 23.3 Å². The minimum absolute atomic E-state index is 0. The van der Waals surface area contributed by atoms with Crippen molar-refractivity contribution in [1.82, 2.24) is 24.8 Å². The van der Waals surface area contributed by atoms with Crippen LogP contribution in [0.3, 0.4) is 0 Å². The van der Waals surface area contributed by atoms with Crippen LogP contribution in [0.5, 0.6) is 0 Å². The summed E-state index contributed by atoms with van der Waals surface area (Å²) in [5, 5.41) is 10.8. The fraction of sp³-hybridized carbons (Fsp3) is 0.273. The van der Waals surface area contributed by atoms with Crippen LogP contribution < -0.4 is 10.0 Å². The highest BCUT2D eigenvalue weighted by atomic mass is 35.5. The van der Waals surface area contributed by atoms with Crippen molar-refractivity contribution in [1.29, 1.82) is 0 Å². The minimum atomic E-state index is -3.59. The molecule has 4 aromatic rings. The van der Waals surface area contributed by atoms with E-state index in [0.29, 0.717) is 6.54 Å². The molecule has 2 aromatic carbocycles. The first-order valence-corrected chi connectivity index (χ1v) is 11.4. The maximum Gasteiger partial charge on any atom is 0.240 e. The van der Waals surface area contributed by atoms with Crippen LogP contribution in [0.25, 0.3) is 21.7 Å². The fourth-order valence-electron chi connectivity index (χ4n) is 3.60. The molecule has 4 rings (SSSR count). The van der Waals surface area contributed by atoms with Gasteiger partial charge < -0.3 is 5.32 Å². The van der Waals surface area contributed by atoms with E-state index >= 15 is 0 Å². The van der Waals surface area contributed by atoms with Gasteiger partial charge >= 0.3 is 0 Å². The van der Waals surface area contributed by atoms with E-state index in [1.165, 1.54) is 0 Å². The molecule has 0 aliphatic carbocycles. The minimum Gasteiger partial charge on any atom is -0.315 e. The predicted octanol–water partition coefficient (Wildman–Crippen LogP) is 3.04. The van der Waals surface area contributed by atoms with Crippen molar-refractivity contribution >= 4 is 44.1 Å². The normalized spacial score (nSPS) is 12.7. The topological polar surface area (TPSA) is 88.9 Å². The van der Waals surface area contributed by atoms with Crippen LogP contribution >= 0.6 is 12.4 Å². The lowest BCUT2D eigenvalue weighted by atomic mass is 10.1. The van der Waals surface area contributed by atoms with Gasteiger partial charge in [-0.1, -0.05) is 24.3 Å². The number of nitrogens with zero attached hydrogens (tertiary/aromatic N) is 3. The number of nitrogens with one attached hydrogen (secondary N) is 2. The summed E-state index contributed by atoms with van der Waals surface area (Å²) in [6.45, 7) is 3.10. The number of para-hydroxylation sites is 1. The monoisotopic (exact) mass is 459 g/mol. The molecular formula is C22H26ClN5O2S. The Morgan fingerprint density at radius 3 is 2.74 bits per heavy atom. The molecule has 0 saturated heterocycles. The Kier molecular flexibility index (Phi) is 7.27. The van der Waals surface area contributed by atoms with Gasteiger partial charge in [-0.15, -0.1) is 12.4 Å². The van der Waals surface area contributed by atoms with Crippen molar-refractivity contribution in [2.75, 3.05) is 13.1 Å². The van der Waals surface area contributed by atoms with Crippen LogP contribution in [0.1, 0.15) is 12.6 Å². The highest BCUT2D eigenvalue weighted by Gasteiger charge is 2.17. The highest BCUT2D eigenvalue weighted by molar-refractivity contribution is 7.89. The highest BCUT2D eigenvalue weighted by Crippen LogP contribution is 2.19. The lowest BCUT2D eigenvalue weighted by Gasteiger charge is -2.15. The van der Waals surface area contributed by atoms with E-state index in [4.69, 9.17) is 0 Å². The lowest BCUT2D eigenvalue weighted by molar-refractivity contribution is 0.536. The molecule has 0 aliphatic heterocycles. The van der Waals surface area contributed by atoms with Crippen molar-refractivity contribution < 1.29 is 8.42 Å². The number of benzene rings is 2. The van der Waals surface area contributed by atoms with Gasteiger partial charge in [0.15, 0.2) is 0 Å². The molecular weight excluding hydrogens is 434 g/mol. The number of hydrogen-bond donors (Lipinski definition) is 2. The number of halogens is 1. The summed E-state index contributed by atoms with van der Waals surface area (Å²) in [4.78, 5) is 4.31. The first kappa shape index (κ1) is 23.1. The third-order valence-corrected chi connectivity index (χ3v) is 6.69. The average molecular weight is 460 g/mol. The maximum atomic E-state index is 12.7. The molecule has 0 bridgehead atoms. The number of aromatic nitrogens is 3. The van der Waals surface area contributed by atoms with E-state index in [0.717, 1.165) is 40.3 Å². The fourth-order valence-corrected chi connectivity index (χ4v) is 4.88. The van der Waals surface area contributed by atoms with Crippen molar-refractivity contribution in [2.45, 2.75) is 24.3 Å². The Hall–Kier alpha value is -2.52. The molecule has 0 amide bonds. The Morgan fingerprint density at radius 1 is 1.10 bits per heavy atom. The molecule has 9 heteroatoms. The van der Waals surface area contributed by atoms with Gasteiger partial charge in [0.2, 0.25) is 10.0 Å². The quantitative estimate of drug-likeness (QED) is 0.395. The molecule has 31 heavy (non-hydrogen) atoms. The number of sulfonamides is 1. The van der Waals surface area contributed by atoms with Crippen molar-refractivity contribution in [2.24, 2.45) is 7.05 Å². The summed E-state index contributed by atoms with van der Waals surface area (Å²) in [5.74, 6) is 0. The molecule has 2 aromatic heterocycles. The van der Waals surface area contributed by atoms with Gasteiger partial charge in [-0.25, -0.2) is 13.1 Å². The van der Waals surface area contributed by atoms with Crippen LogP contribution in [0.15, 0.2) is 65.8 Å². The van der Waals surface area contributed by atoms with Crippen LogP contribution in [-0.2, 0) is 23.5 Å². The number of rotatable bonds is 8. The second kappa shape index (κ2) is 9.74. The SMILES string of the molecule is CC(CNCCc1nn(C)c2ccccc12)NS(=O)(=O)c1ccc2cnccc2c1.Cl. The van der Waals surface area contributed by atoms with Gasteiger partial charge in [0.1, 0.15) is 0 Å². The first-order valence-electron chi connectivity index (χ1n) is 9.91. The molecule has 0 radical (unpaired) electrons. The lowest BCUT2D eigenvalue weighted by Crippen LogP contribution is -2.40. The number of fused-ring (bicyclic) bond motifs is 2. The van der Waals surface area contributed by atoms with E-state index in [1.807, 2.05) is 30.8 Å². The molecule has 164 valence electrons. The van der Waals surface area contributed by atoms with Crippen LogP contribution in [0.2, 0.25) is 0 Å². The summed E-state index contributed by atoms with van der Waals surface area (Å²) >= 11 is 0. The average Bonchev–Trinajstić information content (AvgIpc) is 3.06. The largest absolute Gasteiger partial charge is 0.315 e. The Labute approximate surface area is 188 Å². The third-order valence-electron chi connectivity index (χ3n) is 5.10. The zero-order chi connectivity index (χ0) is 21.1. The summed E-state index contributed by atoms with van der Waals surface area (Å²) < 4.78 is 30.1. The molecule has 2 N–H and O–H groups in total. The molecule has 2 heterocycles. The summed E-state index contributed by atoms with van der Waals surface area (Å²) in [6.07, 6.45) is 4.15. The summed E-state index contributed by atoms with van der Waals surface area (Å²) in [7, 11) is -1.65. The maximum absolute atomic E-state index is 12.7. The zero-order valence-electron chi connectivity index (χ0n) is 17.4. The van der Waals surface area contributed by atoms with Crippen LogP contribution in [0.4, 0.5) is 0 Å². The van der Waals surface area contributed by atoms with Gasteiger partial charge in [0.05, 0.1) is 16.1 Å². The second-order valence-electron chi connectivity index (χ2n) is 7.45. The summed E-state index contributed by atoms with van der Waals surface area (Å²) in [6, 6.07) is 14.8. The molecule has 0 fully saturated rings. The standard InChI is InChI=1S/C22H25N5O2S.ClH/c1-16(14-23-12-10-21-20-5-3-4-6-22(20)27(2)25-21)26-30(28,29)19-8-7-18-15-24-11-9-17(18)13-19;/h3-9,11,13,15-16,23,26H,10,12,14H2,1-2H3;1H. The zero-order valence-corrected chi connectivity index (χ0v) is 19.1. The first-order chi connectivity index (χ1) is 14.4. The molecule has 1 unspecified atom stereocenters. The van der Waals surface area contributed by atoms with Gasteiger partial charge in [-0.3, -0.25) is 9.67 Å². The Morgan fingerprint density at radius 2 is 1.90 bits per heavy atom. The summed E-state index contributed by atoms with van der Waals surface area (Å²) in [5.41, 5.74) is 2.15. The predicted molar refractivity (Wildman–Crippen MR) is 126 cm³/mol. The van der Waals surface area contributed by atoms with E-state index < -0.39 is 10.0 Å². The second-order valence-corrected chi connectivity index (χ2v) is 9.16. The van der Waals surface area contributed by atoms with E-state index in [9.17, 15) is 8.42 Å². The Bertz CT molecular complexity index is 1290. The van der Waals surface area contributed by atoms with E-state index in [2.05, 4.69) is 32.3 Å². The van der Waals surface area contributed by atoms with Gasteiger partial charge in [0, 0.05) is 55.8 Å². The molecule has 0 saturated carbocycles. The van der Waals surface area contributed by atoms with Gasteiger partial charge in [-0.05, 0) is 36.6 Å².